The van der Waals surface area contributed by atoms with Crippen LogP contribution in [0.15, 0.2) is 84.0 Å². The van der Waals surface area contributed by atoms with Gasteiger partial charge in [-0.05, 0) is 53.6 Å². The molecule has 6 nitrogen and oxygen atoms in total. The average Bonchev–Trinajstić information content (AvgIpc) is 2.76. The number of amides is 1. The molecular weight excluding hydrogens is 404 g/mol. The molecule has 7 heteroatoms. The molecule has 0 aromatic heterocycles. The van der Waals surface area contributed by atoms with E-state index < -0.39 is 12.1 Å². The topological polar surface area (TPSA) is 77.0 Å². The predicted octanol–water partition coefficient (Wildman–Crippen LogP) is 4.40. The Labute approximate surface area is 179 Å². The number of ether oxygens (including phenoxy) is 2. The van der Waals surface area contributed by atoms with Gasteiger partial charge in [0.05, 0.1) is 11.8 Å². The first-order chi connectivity index (χ1) is 14.6. The molecule has 0 aliphatic carbocycles. The van der Waals surface area contributed by atoms with Gasteiger partial charge in [0.15, 0.2) is 6.10 Å². The maximum Gasteiger partial charge on any atom is 0.343 e. The van der Waals surface area contributed by atoms with Crippen molar-refractivity contribution >= 4 is 29.7 Å². The molecule has 1 amide bonds. The van der Waals surface area contributed by atoms with Crippen LogP contribution in [0, 0.1) is 0 Å². The van der Waals surface area contributed by atoms with E-state index in [0.717, 1.165) is 5.56 Å². The van der Waals surface area contributed by atoms with Crippen molar-refractivity contribution in [2.45, 2.75) is 6.10 Å². The first-order valence-corrected chi connectivity index (χ1v) is 9.43. The van der Waals surface area contributed by atoms with E-state index in [1.54, 1.807) is 54.6 Å². The van der Waals surface area contributed by atoms with Gasteiger partial charge in [-0.25, -0.2) is 10.2 Å². The van der Waals surface area contributed by atoms with E-state index in [1.165, 1.54) is 19.4 Å². The van der Waals surface area contributed by atoms with Crippen molar-refractivity contribution in [2.24, 2.45) is 5.10 Å². The number of hydrogen-bond donors (Lipinski definition) is 1. The number of esters is 1. The summed E-state index contributed by atoms with van der Waals surface area (Å²) in [7, 11) is 1.46. The number of benzene rings is 3. The molecule has 0 fully saturated rings. The average molecular weight is 423 g/mol. The zero-order valence-electron chi connectivity index (χ0n) is 16.1. The summed E-state index contributed by atoms with van der Waals surface area (Å²) in [5.41, 5.74) is 4.27. The fourth-order valence-electron chi connectivity index (χ4n) is 2.65. The van der Waals surface area contributed by atoms with E-state index >= 15 is 0 Å². The smallest absolute Gasteiger partial charge is 0.343 e. The number of carbonyl (C=O) groups excluding carboxylic acids is 2. The summed E-state index contributed by atoms with van der Waals surface area (Å²) < 4.78 is 10.6. The molecule has 152 valence electrons. The highest BCUT2D eigenvalue weighted by atomic mass is 35.5. The number of nitrogens with zero attached hydrogens (tertiary/aromatic N) is 1. The van der Waals surface area contributed by atoms with Crippen LogP contribution in [0.1, 0.15) is 27.6 Å². The molecule has 3 aromatic rings. The van der Waals surface area contributed by atoms with Crippen molar-refractivity contribution in [3.63, 3.8) is 0 Å². The van der Waals surface area contributed by atoms with Crippen LogP contribution in [0.4, 0.5) is 0 Å². The van der Waals surface area contributed by atoms with E-state index in [-0.39, 0.29) is 5.91 Å². The summed E-state index contributed by atoms with van der Waals surface area (Å²) in [6, 6.07) is 22.3. The van der Waals surface area contributed by atoms with Crippen LogP contribution < -0.4 is 10.2 Å². The third kappa shape index (κ3) is 5.76. The predicted molar refractivity (Wildman–Crippen MR) is 115 cm³/mol. The quantitative estimate of drug-likeness (QED) is 0.265. The highest BCUT2D eigenvalue weighted by Gasteiger charge is 2.19. The molecule has 0 saturated heterocycles. The fraction of sp³-hybridized carbons (Fsp3) is 0.0870. The summed E-state index contributed by atoms with van der Waals surface area (Å²) in [5, 5.41) is 4.42. The summed E-state index contributed by atoms with van der Waals surface area (Å²) in [5.74, 6) is -0.505. The zero-order chi connectivity index (χ0) is 21.3. The normalized spacial score (nSPS) is 11.8. The van der Waals surface area contributed by atoms with Crippen LogP contribution in [0.25, 0.3) is 0 Å². The van der Waals surface area contributed by atoms with E-state index in [4.69, 9.17) is 21.1 Å². The third-order valence-corrected chi connectivity index (χ3v) is 4.35. The minimum Gasteiger partial charge on any atom is -0.423 e. The summed E-state index contributed by atoms with van der Waals surface area (Å²) in [6.45, 7) is 0. The standard InChI is InChI=1S/C23H19ClN2O4/c1-29-21(17-6-3-2-4-7-17)22(27)26-25-15-16-10-12-20(13-11-16)30-23(28)18-8-5-9-19(24)14-18/h2-15,21H,1H3,(H,26,27). The van der Waals surface area contributed by atoms with Crippen molar-refractivity contribution < 1.29 is 19.1 Å². The van der Waals surface area contributed by atoms with Gasteiger partial charge in [0.2, 0.25) is 0 Å². The van der Waals surface area contributed by atoms with Crippen molar-refractivity contribution in [1.29, 1.82) is 0 Å². The number of rotatable bonds is 7. The lowest BCUT2D eigenvalue weighted by atomic mass is 10.1. The largest absolute Gasteiger partial charge is 0.423 e. The first-order valence-electron chi connectivity index (χ1n) is 9.05. The van der Waals surface area contributed by atoms with Crippen LogP contribution in [0.3, 0.4) is 0 Å². The van der Waals surface area contributed by atoms with Gasteiger partial charge < -0.3 is 9.47 Å². The van der Waals surface area contributed by atoms with Gasteiger partial charge in [0, 0.05) is 12.1 Å². The van der Waals surface area contributed by atoms with Crippen molar-refractivity contribution in [3.05, 3.63) is 101 Å². The van der Waals surface area contributed by atoms with Crippen LogP contribution in [0.2, 0.25) is 5.02 Å². The highest BCUT2D eigenvalue weighted by Crippen LogP contribution is 2.17. The van der Waals surface area contributed by atoms with Crippen molar-refractivity contribution in [3.8, 4) is 5.75 Å². The molecule has 0 spiro atoms. The van der Waals surface area contributed by atoms with Gasteiger partial charge in [-0.2, -0.15) is 5.10 Å². The monoisotopic (exact) mass is 422 g/mol. The Balaban J connectivity index is 1.56. The highest BCUT2D eigenvalue weighted by molar-refractivity contribution is 6.30. The van der Waals surface area contributed by atoms with Gasteiger partial charge in [-0.1, -0.05) is 48.0 Å². The Kier molecular flexibility index (Phi) is 7.32. The third-order valence-electron chi connectivity index (χ3n) is 4.12. The number of methoxy groups -OCH3 is 1. The first kappa shape index (κ1) is 21.2. The lowest BCUT2D eigenvalue weighted by molar-refractivity contribution is -0.131. The molecule has 1 unspecified atom stereocenters. The molecule has 30 heavy (non-hydrogen) atoms. The Morgan fingerprint density at radius 3 is 2.40 bits per heavy atom. The maximum absolute atomic E-state index is 12.3. The van der Waals surface area contributed by atoms with Crippen molar-refractivity contribution in [2.75, 3.05) is 7.11 Å². The van der Waals surface area contributed by atoms with E-state index in [0.29, 0.717) is 21.9 Å². The van der Waals surface area contributed by atoms with Crippen LogP contribution in [-0.4, -0.2) is 25.2 Å². The second-order valence-electron chi connectivity index (χ2n) is 6.23. The summed E-state index contributed by atoms with van der Waals surface area (Å²) in [6.07, 6.45) is 0.731. The molecule has 3 aromatic carbocycles. The number of hydrogen-bond acceptors (Lipinski definition) is 5. The summed E-state index contributed by atoms with van der Waals surface area (Å²) >= 11 is 5.89. The van der Waals surface area contributed by atoms with Gasteiger partial charge in [-0.3, -0.25) is 4.79 Å². The maximum atomic E-state index is 12.3. The molecule has 0 aliphatic rings. The van der Waals surface area contributed by atoms with Gasteiger partial charge in [-0.15, -0.1) is 0 Å². The number of halogens is 1. The molecule has 3 rings (SSSR count). The van der Waals surface area contributed by atoms with Gasteiger partial charge in [0.25, 0.3) is 5.91 Å². The Morgan fingerprint density at radius 2 is 1.73 bits per heavy atom. The van der Waals surface area contributed by atoms with Gasteiger partial charge >= 0.3 is 5.97 Å². The molecule has 1 atom stereocenters. The molecule has 0 bridgehead atoms. The number of carbonyl (C=O) groups is 2. The lowest BCUT2D eigenvalue weighted by Gasteiger charge is -2.13. The Morgan fingerprint density at radius 1 is 1.00 bits per heavy atom. The molecule has 0 radical (unpaired) electrons. The van der Waals surface area contributed by atoms with Crippen LogP contribution in [0.5, 0.6) is 5.75 Å². The molecule has 0 aliphatic heterocycles. The van der Waals surface area contributed by atoms with Crippen LogP contribution >= 0.6 is 11.6 Å². The minimum absolute atomic E-state index is 0.363. The molecule has 0 saturated carbocycles. The molecular formula is C23H19ClN2O4. The van der Waals surface area contributed by atoms with E-state index in [1.807, 2.05) is 18.2 Å². The Hall–Kier alpha value is -3.48. The summed E-state index contributed by atoms with van der Waals surface area (Å²) in [4.78, 5) is 24.4. The van der Waals surface area contributed by atoms with Gasteiger partial charge in [0.1, 0.15) is 5.75 Å². The minimum atomic E-state index is -0.753. The lowest BCUT2D eigenvalue weighted by Crippen LogP contribution is -2.26. The zero-order valence-corrected chi connectivity index (χ0v) is 16.9. The second kappa shape index (κ2) is 10.3. The van der Waals surface area contributed by atoms with Crippen molar-refractivity contribution in [1.82, 2.24) is 5.43 Å². The number of hydrazone groups is 1. The second-order valence-corrected chi connectivity index (χ2v) is 6.67. The van der Waals surface area contributed by atoms with E-state index in [9.17, 15) is 9.59 Å². The molecule has 1 N–H and O–H groups in total. The SMILES string of the molecule is COC(C(=O)NN=Cc1ccc(OC(=O)c2cccc(Cl)c2)cc1)c1ccccc1. The fourth-order valence-corrected chi connectivity index (χ4v) is 2.85. The van der Waals surface area contributed by atoms with E-state index in [2.05, 4.69) is 10.5 Å². The Bertz CT molecular complexity index is 1040. The van der Waals surface area contributed by atoms with Crippen LogP contribution in [-0.2, 0) is 9.53 Å². The number of nitrogens with one attached hydrogen (secondary N) is 1. The molecule has 0 heterocycles.